The summed E-state index contributed by atoms with van der Waals surface area (Å²) in [6, 6.07) is 3.99. The molecule has 0 bridgehead atoms. The number of pyridine rings is 1. The fourth-order valence-corrected chi connectivity index (χ4v) is 1.31. The first kappa shape index (κ1) is 12.6. The van der Waals surface area contributed by atoms with E-state index < -0.39 is 0 Å². The van der Waals surface area contributed by atoms with Crippen molar-refractivity contribution in [2.75, 3.05) is 13.7 Å². The Hall–Kier alpha value is -0.450. The molecule has 3 nitrogen and oxygen atoms in total. The van der Waals surface area contributed by atoms with Crippen LogP contribution in [0.2, 0.25) is 0 Å². The summed E-state index contributed by atoms with van der Waals surface area (Å²) in [4.78, 5) is 4.27. The molecule has 0 radical (unpaired) electrons. The number of hydrogen-bond acceptors (Lipinski definition) is 3. The van der Waals surface area contributed by atoms with Crippen LogP contribution in [0.25, 0.3) is 0 Å². The molecule has 1 N–H and O–H groups in total. The maximum Gasteiger partial charge on any atom is 0.0746 e. The van der Waals surface area contributed by atoms with Gasteiger partial charge in [-0.3, -0.25) is 4.98 Å². The van der Waals surface area contributed by atoms with E-state index in [0.717, 1.165) is 23.3 Å². The molecule has 0 spiro atoms. The van der Waals surface area contributed by atoms with Crippen LogP contribution in [0, 0.1) is 0 Å². The number of hydrogen-bond donors (Lipinski definition) is 1. The highest BCUT2D eigenvalue weighted by molar-refractivity contribution is 9.10. The van der Waals surface area contributed by atoms with Crippen LogP contribution < -0.4 is 5.32 Å². The molecule has 0 atom stereocenters. The molecule has 1 rings (SSSR count). The predicted molar refractivity (Wildman–Crippen MR) is 64.7 cm³/mol. The van der Waals surface area contributed by atoms with Crippen molar-refractivity contribution in [1.29, 1.82) is 0 Å². The first-order valence-corrected chi connectivity index (χ1v) is 5.69. The Morgan fingerprint density at radius 2 is 2.20 bits per heavy atom. The van der Waals surface area contributed by atoms with E-state index in [4.69, 9.17) is 4.74 Å². The highest BCUT2D eigenvalue weighted by Crippen LogP contribution is 2.08. The zero-order chi connectivity index (χ0) is 11.3. The fourth-order valence-electron chi connectivity index (χ4n) is 1.07. The summed E-state index contributed by atoms with van der Waals surface area (Å²) in [6.07, 6.45) is 1.80. The van der Waals surface area contributed by atoms with E-state index in [-0.39, 0.29) is 5.60 Å². The lowest BCUT2D eigenvalue weighted by Crippen LogP contribution is -2.36. The number of ether oxygens (including phenoxy) is 1. The fraction of sp³-hybridized carbons (Fsp3) is 0.545. The molecule has 84 valence electrons. The third kappa shape index (κ3) is 4.73. The van der Waals surface area contributed by atoms with Crippen LogP contribution in [-0.2, 0) is 11.3 Å². The minimum absolute atomic E-state index is 0.130. The van der Waals surface area contributed by atoms with E-state index in [0.29, 0.717) is 0 Å². The molecule has 15 heavy (non-hydrogen) atoms. The van der Waals surface area contributed by atoms with Gasteiger partial charge in [-0.2, -0.15) is 0 Å². The van der Waals surface area contributed by atoms with Gasteiger partial charge in [0.2, 0.25) is 0 Å². The van der Waals surface area contributed by atoms with Gasteiger partial charge >= 0.3 is 0 Å². The van der Waals surface area contributed by atoms with Crippen molar-refractivity contribution in [2.24, 2.45) is 0 Å². The Morgan fingerprint density at radius 1 is 1.47 bits per heavy atom. The van der Waals surface area contributed by atoms with Crippen molar-refractivity contribution in [3.05, 3.63) is 28.5 Å². The number of halogens is 1. The molecule has 0 saturated carbocycles. The van der Waals surface area contributed by atoms with Gasteiger partial charge in [-0.25, -0.2) is 0 Å². The molecule has 1 aromatic heterocycles. The van der Waals surface area contributed by atoms with Gasteiger partial charge in [0.15, 0.2) is 0 Å². The number of aromatic nitrogens is 1. The predicted octanol–water partition coefficient (Wildman–Crippen LogP) is 2.36. The molecule has 0 aromatic carbocycles. The van der Waals surface area contributed by atoms with E-state index in [1.54, 1.807) is 13.3 Å². The number of nitrogens with one attached hydrogen (secondary N) is 1. The van der Waals surface area contributed by atoms with Crippen LogP contribution in [0.4, 0.5) is 0 Å². The van der Waals surface area contributed by atoms with Crippen molar-refractivity contribution in [3.8, 4) is 0 Å². The first-order chi connectivity index (χ1) is 7.03. The zero-order valence-electron chi connectivity index (χ0n) is 9.38. The highest BCUT2D eigenvalue weighted by Gasteiger charge is 2.14. The van der Waals surface area contributed by atoms with Crippen LogP contribution in [0.3, 0.4) is 0 Å². The SMILES string of the molecule is COC(C)(C)CNCc1ccc(Br)cn1. The van der Waals surface area contributed by atoms with E-state index in [1.165, 1.54) is 0 Å². The van der Waals surface area contributed by atoms with Crippen LogP contribution in [0.15, 0.2) is 22.8 Å². The summed E-state index contributed by atoms with van der Waals surface area (Å²) in [5.74, 6) is 0. The molecule has 1 aromatic rings. The Kier molecular flexibility index (Phi) is 4.70. The van der Waals surface area contributed by atoms with Gasteiger partial charge in [0.25, 0.3) is 0 Å². The molecule has 0 fully saturated rings. The molecule has 4 heteroatoms. The second-order valence-electron chi connectivity index (χ2n) is 4.04. The van der Waals surface area contributed by atoms with Crippen molar-refractivity contribution in [3.63, 3.8) is 0 Å². The first-order valence-electron chi connectivity index (χ1n) is 4.90. The topological polar surface area (TPSA) is 34.1 Å². The van der Waals surface area contributed by atoms with E-state index in [9.17, 15) is 0 Å². The van der Waals surface area contributed by atoms with Crippen molar-refractivity contribution >= 4 is 15.9 Å². The maximum atomic E-state index is 5.30. The minimum atomic E-state index is -0.130. The summed E-state index contributed by atoms with van der Waals surface area (Å²) in [5.41, 5.74) is 0.903. The van der Waals surface area contributed by atoms with Crippen molar-refractivity contribution < 1.29 is 4.74 Å². The maximum absolute atomic E-state index is 5.30. The van der Waals surface area contributed by atoms with Gasteiger partial charge in [-0.15, -0.1) is 0 Å². The lowest BCUT2D eigenvalue weighted by molar-refractivity contribution is 0.0230. The van der Waals surface area contributed by atoms with Crippen LogP contribution in [0.5, 0.6) is 0 Å². The molecule has 0 saturated heterocycles. The van der Waals surface area contributed by atoms with E-state index in [2.05, 4.69) is 40.1 Å². The van der Waals surface area contributed by atoms with Gasteiger partial charge < -0.3 is 10.1 Å². The summed E-state index contributed by atoms with van der Waals surface area (Å²) in [7, 11) is 1.72. The Morgan fingerprint density at radius 3 is 2.73 bits per heavy atom. The smallest absolute Gasteiger partial charge is 0.0746 e. The molecule has 0 unspecified atom stereocenters. The van der Waals surface area contributed by atoms with E-state index >= 15 is 0 Å². The van der Waals surface area contributed by atoms with Crippen LogP contribution in [0.1, 0.15) is 19.5 Å². The van der Waals surface area contributed by atoms with E-state index in [1.807, 2.05) is 12.1 Å². The number of rotatable bonds is 5. The lowest BCUT2D eigenvalue weighted by atomic mass is 10.1. The molecule has 0 aliphatic carbocycles. The molecule has 0 amide bonds. The quantitative estimate of drug-likeness (QED) is 0.894. The molecular formula is C11H17BrN2O. The monoisotopic (exact) mass is 272 g/mol. The van der Waals surface area contributed by atoms with Gasteiger partial charge in [-0.05, 0) is 41.9 Å². The second kappa shape index (κ2) is 5.58. The van der Waals surface area contributed by atoms with Crippen molar-refractivity contribution in [1.82, 2.24) is 10.3 Å². The Bertz CT molecular complexity index is 298. The summed E-state index contributed by atoms with van der Waals surface area (Å²) >= 11 is 3.35. The zero-order valence-corrected chi connectivity index (χ0v) is 11.0. The Labute approximate surface area is 99.4 Å². The summed E-state index contributed by atoms with van der Waals surface area (Å²) in [5, 5.41) is 3.31. The van der Waals surface area contributed by atoms with Crippen molar-refractivity contribution in [2.45, 2.75) is 26.0 Å². The minimum Gasteiger partial charge on any atom is -0.377 e. The van der Waals surface area contributed by atoms with Crippen LogP contribution in [-0.4, -0.2) is 24.2 Å². The van der Waals surface area contributed by atoms with Gasteiger partial charge in [0, 0.05) is 30.9 Å². The molecule has 1 heterocycles. The Balaban J connectivity index is 2.35. The molecule has 0 aliphatic heterocycles. The van der Waals surface area contributed by atoms with Gasteiger partial charge in [0.1, 0.15) is 0 Å². The number of nitrogens with zero attached hydrogens (tertiary/aromatic N) is 1. The second-order valence-corrected chi connectivity index (χ2v) is 4.95. The normalized spacial score (nSPS) is 11.7. The number of methoxy groups -OCH3 is 1. The molecule has 0 aliphatic rings. The summed E-state index contributed by atoms with van der Waals surface area (Å²) in [6.45, 7) is 5.67. The van der Waals surface area contributed by atoms with Crippen LogP contribution >= 0.6 is 15.9 Å². The third-order valence-corrected chi connectivity index (χ3v) is 2.67. The average molecular weight is 273 g/mol. The highest BCUT2D eigenvalue weighted by atomic mass is 79.9. The molecular weight excluding hydrogens is 256 g/mol. The van der Waals surface area contributed by atoms with Gasteiger partial charge in [0.05, 0.1) is 11.3 Å². The van der Waals surface area contributed by atoms with Gasteiger partial charge in [-0.1, -0.05) is 0 Å². The average Bonchev–Trinajstić information content (AvgIpc) is 2.21. The lowest BCUT2D eigenvalue weighted by Gasteiger charge is -2.23. The standard InChI is InChI=1S/C11H17BrN2O/c1-11(2,15-3)8-13-7-10-5-4-9(12)6-14-10/h4-6,13H,7-8H2,1-3H3. The summed E-state index contributed by atoms with van der Waals surface area (Å²) < 4.78 is 6.31. The third-order valence-electron chi connectivity index (χ3n) is 2.20. The largest absolute Gasteiger partial charge is 0.377 e.